The Labute approximate surface area is 384 Å². The molecule has 2 aliphatic rings. The molecule has 20 nitrogen and oxygen atoms in total. The number of hydrogen-bond acceptors (Lipinski definition) is 15. The Morgan fingerprint density at radius 3 is 2.24 bits per heavy atom. The van der Waals surface area contributed by atoms with Gasteiger partial charge in [0.1, 0.15) is 35.0 Å². The van der Waals surface area contributed by atoms with Crippen LogP contribution in [0.1, 0.15) is 62.1 Å². The molecular weight excluding hydrogens is 885 g/mol. The Kier molecular flexibility index (Phi) is 12.9. The summed E-state index contributed by atoms with van der Waals surface area (Å²) >= 11 is 0. The number of fused-ring (bicyclic) bond motifs is 2. The number of anilines is 1. The smallest absolute Gasteiger partial charge is 0.336 e. The number of aliphatic hydroxyl groups is 1. The van der Waals surface area contributed by atoms with Crippen LogP contribution in [0.5, 0.6) is 11.5 Å². The molecule has 1 saturated heterocycles. The molecular formula is C46H50N10O10S. The summed E-state index contributed by atoms with van der Waals surface area (Å²) < 4.78 is 64.4. The molecule has 21 heteroatoms. The average Bonchev–Trinajstić information content (AvgIpc) is 4.14. The third-order valence-electron chi connectivity index (χ3n) is 12.3. The first-order valence-corrected chi connectivity index (χ1v) is 23.2. The van der Waals surface area contributed by atoms with Crippen LogP contribution in [0, 0.1) is 11.8 Å². The normalized spacial score (nSPS) is 21.0. The van der Waals surface area contributed by atoms with Crippen LogP contribution in [0.25, 0.3) is 22.3 Å². The maximum atomic E-state index is 14.0. The molecule has 4 aromatic heterocycles. The topological polar surface area (TPSA) is 249 Å². The van der Waals surface area contributed by atoms with E-state index >= 15 is 0 Å². The van der Waals surface area contributed by atoms with E-state index in [1.165, 1.54) is 17.2 Å². The van der Waals surface area contributed by atoms with E-state index in [1.807, 2.05) is 83.4 Å². The molecule has 1 aliphatic carbocycles. The van der Waals surface area contributed by atoms with Crippen LogP contribution in [-0.2, 0) is 34.4 Å². The third kappa shape index (κ3) is 9.25. The molecule has 67 heavy (non-hydrogen) atoms. The zero-order valence-corrected chi connectivity index (χ0v) is 37.9. The number of carbonyl (C=O) groups is 1. The first-order chi connectivity index (χ1) is 32.3. The van der Waals surface area contributed by atoms with Gasteiger partial charge in [-0.2, -0.15) is 18.1 Å². The van der Waals surface area contributed by atoms with Crippen molar-refractivity contribution in [3.63, 3.8) is 0 Å². The van der Waals surface area contributed by atoms with Gasteiger partial charge in [0.2, 0.25) is 11.9 Å². The average molecular weight is 935 g/mol. The maximum Gasteiger partial charge on any atom is 0.336 e. The predicted octanol–water partition coefficient (Wildman–Crippen LogP) is 4.40. The van der Waals surface area contributed by atoms with Gasteiger partial charge in [0, 0.05) is 30.8 Å². The van der Waals surface area contributed by atoms with Crippen LogP contribution in [0.4, 0.5) is 5.95 Å². The van der Waals surface area contributed by atoms with Gasteiger partial charge in [-0.1, -0.05) is 68.4 Å². The lowest BCUT2D eigenvalue weighted by Crippen LogP contribution is -2.39. The summed E-state index contributed by atoms with van der Waals surface area (Å²) in [5.74, 6) is 0.0256. The highest BCUT2D eigenvalue weighted by molar-refractivity contribution is 7.84. The van der Waals surface area contributed by atoms with Crippen LogP contribution in [0.2, 0.25) is 0 Å². The number of rotatable bonds is 17. The molecule has 7 aromatic rings. The molecule has 350 valence electrons. The number of nitrogens with zero attached hydrogens (tertiary/aromatic N) is 7. The monoisotopic (exact) mass is 934 g/mol. The van der Waals surface area contributed by atoms with Gasteiger partial charge in [0.05, 0.1) is 51.9 Å². The third-order valence-corrected chi connectivity index (χ3v) is 13.3. The van der Waals surface area contributed by atoms with Crippen molar-refractivity contribution >= 4 is 44.5 Å². The predicted molar refractivity (Wildman–Crippen MR) is 243 cm³/mol. The highest BCUT2D eigenvalue weighted by Gasteiger charge is 2.44. The van der Waals surface area contributed by atoms with Gasteiger partial charge in [-0.3, -0.25) is 28.6 Å². The molecule has 6 atom stereocenters. The Hall–Kier alpha value is -6.62. The minimum Gasteiger partial charge on any atom is -0.497 e. The Bertz CT molecular complexity index is 2970. The summed E-state index contributed by atoms with van der Waals surface area (Å²) in [6, 6.07) is 24.8. The lowest BCUT2D eigenvalue weighted by atomic mass is 9.80. The minimum atomic E-state index is -4.46. The molecule has 9 rings (SSSR count). The number of benzene rings is 3. The molecule has 1 amide bonds. The Morgan fingerprint density at radius 2 is 1.57 bits per heavy atom. The number of ether oxygens (including phenoxy) is 4. The second-order valence-electron chi connectivity index (χ2n) is 16.9. The van der Waals surface area contributed by atoms with Gasteiger partial charge in [-0.25, -0.2) is 19.9 Å². The van der Waals surface area contributed by atoms with E-state index < -0.39 is 51.9 Å². The van der Waals surface area contributed by atoms with Crippen molar-refractivity contribution in [2.45, 2.75) is 69.3 Å². The molecule has 0 spiro atoms. The van der Waals surface area contributed by atoms with Gasteiger partial charge in [-0.15, -0.1) is 0 Å². The van der Waals surface area contributed by atoms with Gasteiger partial charge < -0.3 is 28.6 Å². The van der Waals surface area contributed by atoms with Crippen molar-refractivity contribution in [1.29, 1.82) is 0 Å². The fraction of sp³-hybridized carbons (Fsp3) is 0.370. The summed E-state index contributed by atoms with van der Waals surface area (Å²) in [5.41, 5.74) is 1.90. The number of carbonyl (C=O) groups excluding carboxylic acids is 1. The van der Waals surface area contributed by atoms with Crippen LogP contribution in [-0.4, -0.2) is 104 Å². The summed E-state index contributed by atoms with van der Waals surface area (Å²) in [6.07, 6.45) is 2.90. The zero-order chi connectivity index (χ0) is 46.9. The second kappa shape index (κ2) is 18.9. The fourth-order valence-corrected chi connectivity index (χ4v) is 9.89. The number of H-pyrrole nitrogens is 1. The number of aliphatic hydroxyl groups excluding tert-OH is 1. The van der Waals surface area contributed by atoms with Crippen molar-refractivity contribution < 1.29 is 41.4 Å². The number of methoxy groups -OCH3 is 2. The zero-order valence-electron chi connectivity index (χ0n) is 37.1. The molecule has 1 aliphatic heterocycles. The molecule has 3 aromatic carbocycles. The number of aromatic amines is 1. The van der Waals surface area contributed by atoms with Gasteiger partial charge in [-0.05, 0) is 53.8 Å². The molecule has 2 fully saturated rings. The Balaban J connectivity index is 0.975. The van der Waals surface area contributed by atoms with E-state index in [-0.39, 0.29) is 61.0 Å². The number of amides is 1. The van der Waals surface area contributed by atoms with Crippen LogP contribution in [0.15, 0.2) is 109 Å². The van der Waals surface area contributed by atoms with Crippen molar-refractivity contribution in [1.82, 2.24) is 43.8 Å². The summed E-state index contributed by atoms with van der Waals surface area (Å²) in [6.45, 7) is 3.20. The maximum absolute atomic E-state index is 14.0. The molecule has 1 saturated carbocycles. The number of aromatic nitrogens is 8. The summed E-state index contributed by atoms with van der Waals surface area (Å²) in [4.78, 5) is 49.3. The SMILES string of the molecule is COc1ccc(C(OC[C@H]2C[C@@H](n3cnc4cncnc43)C[C@@H]2OS(=O)(=O)NC[C@@H]2C[C@@H](O)[C@H](n3cnc4c(=O)[nH]c(NC(=O)C(C)C)nc43)O2)(c2ccccc2)c2ccc(OC)cc2)cc1. The molecule has 0 radical (unpaired) electrons. The van der Waals surface area contributed by atoms with Crippen LogP contribution >= 0.6 is 0 Å². The highest BCUT2D eigenvalue weighted by atomic mass is 32.2. The Morgan fingerprint density at radius 1 is 0.896 bits per heavy atom. The number of hydrogen-bond donors (Lipinski definition) is 4. The summed E-state index contributed by atoms with van der Waals surface area (Å²) in [7, 11) is -1.25. The molecule has 4 N–H and O–H groups in total. The van der Waals surface area contributed by atoms with E-state index in [9.17, 15) is 23.1 Å². The van der Waals surface area contributed by atoms with E-state index in [1.54, 1.807) is 40.6 Å². The van der Waals surface area contributed by atoms with Crippen LogP contribution < -0.4 is 25.1 Å². The highest BCUT2D eigenvalue weighted by Crippen LogP contribution is 2.45. The lowest BCUT2D eigenvalue weighted by molar-refractivity contribution is -0.118. The van der Waals surface area contributed by atoms with Crippen LogP contribution in [0.3, 0.4) is 0 Å². The second-order valence-corrected chi connectivity index (χ2v) is 18.2. The first kappa shape index (κ1) is 45.5. The van der Waals surface area contributed by atoms with Gasteiger partial charge >= 0.3 is 10.3 Å². The van der Waals surface area contributed by atoms with Crippen molar-refractivity contribution in [3.8, 4) is 11.5 Å². The minimum absolute atomic E-state index is 0.0306. The molecule has 5 heterocycles. The number of nitrogens with one attached hydrogen (secondary N) is 3. The fourth-order valence-electron chi connectivity index (χ4n) is 8.87. The first-order valence-electron chi connectivity index (χ1n) is 21.8. The summed E-state index contributed by atoms with van der Waals surface area (Å²) in [5, 5.41) is 13.7. The van der Waals surface area contributed by atoms with E-state index in [4.69, 9.17) is 23.1 Å². The van der Waals surface area contributed by atoms with Gasteiger partial charge in [0.25, 0.3) is 5.56 Å². The van der Waals surface area contributed by atoms with E-state index in [2.05, 4.69) is 39.9 Å². The quantitative estimate of drug-likeness (QED) is 0.0925. The number of imidazole rings is 2. The van der Waals surface area contributed by atoms with Crippen molar-refractivity contribution in [2.75, 3.05) is 32.7 Å². The molecule has 0 unspecified atom stereocenters. The lowest BCUT2D eigenvalue weighted by Gasteiger charge is -2.37. The van der Waals surface area contributed by atoms with Crippen molar-refractivity contribution in [3.05, 3.63) is 131 Å². The van der Waals surface area contributed by atoms with Crippen molar-refractivity contribution in [2.24, 2.45) is 11.8 Å². The standard InChI is InChI=1S/C46H50N10O10S/c1-27(2)42(58)53-45-52-41-39(43(59)54-45)50-26-56(41)44-37(57)20-35(65-44)21-51-67(60,61)66-38-19-32(55-25-49-36-22-47-24-48-40(36)55)18-28(38)23-64-46(29-8-6-5-7-9-29,30-10-14-33(62-3)15-11-30)31-12-16-34(63-4)17-13-31/h5-17,22,24-28,32,35,37-38,44,51,57H,18-21,23H2,1-4H3,(H2,52,53,54,58,59)/t28-,32-,35+,37-,38+,44-/m1/s1. The van der Waals surface area contributed by atoms with Gasteiger partial charge in [0.15, 0.2) is 23.0 Å². The largest absolute Gasteiger partial charge is 0.497 e. The molecule has 0 bridgehead atoms. The van der Waals surface area contributed by atoms with E-state index in [0.717, 1.165) is 16.7 Å². The van der Waals surface area contributed by atoms with E-state index in [0.29, 0.717) is 29.1 Å².